The number of rotatable bonds is 4. The van der Waals surface area contributed by atoms with Crippen molar-refractivity contribution in [2.75, 3.05) is 17.7 Å². The number of hydrogen-bond acceptors (Lipinski definition) is 6. The first-order valence-electron chi connectivity index (χ1n) is 7.56. The van der Waals surface area contributed by atoms with E-state index in [-0.39, 0.29) is 11.4 Å². The van der Waals surface area contributed by atoms with Crippen molar-refractivity contribution < 1.29 is 18.3 Å². The monoisotopic (exact) mass is 393 g/mol. The van der Waals surface area contributed by atoms with Crippen LogP contribution < -0.4 is 10.6 Å². The molecule has 2 aromatic rings. The number of sulfone groups is 1. The molecule has 136 valence electrons. The first-order valence-corrected chi connectivity index (χ1v) is 9.83. The Labute approximate surface area is 155 Å². The van der Waals surface area contributed by atoms with Crippen LogP contribution in [0.5, 0.6) is 0 Å². The maximum atomic E-state index is 11.7. The topological polar surface area (TPSA) is 113 Å². The Bertz CT molecular complexity index is 988. The van der Waals surface area contributed by atoms with Crippen LogP contribution in [0.4, 0.5) is 5.69 Å². The molecule has 0 fully saturated rings. The molecule has 0 saturated heterocycles. The second-order valence-electron chi connectivity index (χ2n) is 5.98. The molecular formula is C17H16ClN3O4S. The van der Waals surface area contributed by atoms with Gasteiger partial charge in [-0.15, -0.1) is 0 Å². The number of anilines is 1. The Hall–Kier alpha value is -2.42. The van der Waals surface area contributed by atoms with Crippen molar-refractivity contribution in [2.24, 2.45) is 10.7 Å². The van der Waals surface area contributed by atoms with E-state index in [1.807, 2.05) is 0 Å². The van der Waals surface area contributed by atoms with Gasteiger partial charge in [-0.3, -0.25) is 4.79 Å². The molecule has 1 aliphatic rings. The van der Waals surface area contributed by atoms with Crippen molar-refractivity contribution in [3.8, 4) is 0 Å². The van der Waals surface area contributed by atoms with Crippen LogP contribution in [-0.2, 0) is 14.6 Å². The average Bonchev–Trinajstić information content (AvgIpc) is 2.94. The minimum absolute atomic E-state index is 0.156. The average molecular weight is 394 g/mol. The SMILES string of the molecule is CS(=O)(=O)c1ccc(C2=NC(O)(C(N)=O)CN2c2ccc(Cl)cc2)cc1. The van der Waals surface area contributed by atoms with E-state index in [1.54, 1.807) is 41.3 Å². The summed E-state index contributed by atoms with van der Waals surface area (Å²) in [4.78, 5) is 17.5. The number of nitrogens with two attached hydrogens (primary N) is 1. The predicted molar refractivity (Wildman–Crippen MR) is 99.0 cm³/mol. The minimum atomic E-state index is -3.34. The van der Waals surface area contributed by atoms with Crippen molar-refractivity contribution in [2.45, 2.75) is 10.6 Å². The molecule has 0 bridgehead atoms. The van der Waals surface area contributed by atoms with Crippen LogP contribution in [0.3, 0.4) is 0 Å². The molecule has 0 aromatic heterocycles. The zero-order valence-electron chi connectivity index (χ0n) is 13.8. The Morgan fingerprint density at radius 3 is 2.27 bits per heavy atom. The largest absolute Gasteiger partial charge is 0.365 e. The number of β-amino-alcohol motifs (C(OH)–C–C–N with tert-alkyl or cyclic N) is 1. The number of nitrogens with zero attached hydrogens (tertiary/aromatic N) is 2. The highest BCUT2D eigenvalue weighted by molar-refractivity contribution is 7.90. The standard InChI is InChI=1S/C17H16ClN3O4S/c1-26(24,25)14-8-2-11(3-9-14)15-20-17(23,16(19)22)10-21(15)13-6-4-12(18)5-7-13/h2-9,23H,10H2,1H3,(H2,19,22). The van der Waals surface area contributed by atoms with Gasteiger partial charge in [0.15, 0.2) is 9.84 Å². The Morgan fingerprint density at radius 1 is 1.19 bits per heavy atom. The third-order valence-electron chi connectivity index (χ3n) is 4.00. The molecule has 0 aliphatic carbocycles. The number of benzene rings is 2. The molecule has 1 unspecified atom stereocenters. The number of amidine groups is 1. The van der Waals surface area contributed by atoms with Crippen molar-refractivity contribution in [3.05, 3.63) is 59.1 Å². The van der Waals surface area contributed by atoms with Gasteiger partial charge in [-0.05, 0) is 48.5 Å². The highest BCUT2D eigenvalue weighted by Crippen LogP contribution is 2.29. The lowest BCUT2D eigenvalue weighted by molar-refractivity contribution is -0.133. The molecule has 3 N–H and O–H groups in total. The van der Waals surface area contributed by atoms with E-state index in [4.69, 9.17) is 17.3 Å². The number of primary amides is 1. The van der Waals surface area contributed by atoms with Gasteiger partial charge in [0.2, 0.25) is 0 Å². The first kappa shape index (κ1) is 18.4. The molecule has 3 rings (SSSR count). The fraction of sp³-hybridized carbons (Fsp3) is 0.176. The third-order valence-corrected chi connectivity index (χ3v) is 5.38. The molecule has 0 spiro atoms. The number of hydrogen-bond donors (Lipinski definition) is 2. The molecular weight excluding hydrogens is 378 g/mol. The molecule has 1 aliphatic heterocycles. The smallest absolute Gasteiger partial charge is 0.274 e. The van der Waals surface area contributed by atoms with Crippen molar-refractivity contribution in [3.63, 3.8) is 0 Å². The van der Waals surface area contributed by atoms with E-state index in [1.165, 1.54) is 12.1 Å². The predicted octanol–water partition coefficient (Wildman–Crippen LogP) is 1.18. The van der Waals surface area contributed by atoms with E-state index >= 15 is 0 Å². The molecule has 1 heterocycles. The van der Waals surface area contributed by atoms with E-state index < -0.39 is 21.5 Å². The van der Waals surface area contributed by atoms with Gasteiger partial charge in [0.1, 0.15) is 5.84 Å². The molecule has 1 amide bonds. The lowest BCUT2D eigenvalue weighted by Gasteiger charge is -2.22. The van der Waals surface area contributed by atoms with Crippen LogP contribution in [0, 0.1) is 0 Å². The van der Waals surface area contributed by atoms with Crippen LogP contribution in [0.15, 0.2) is 58.4 Å². The van der Waals surface area contributed by atoms with Gasteiger partial charge in [-0.2, -0.15) is 0 Å². The lowest BCUT2D eigenvalue weighted by atomic mass is 10.1. The first-order chi connectivity index (χ1) is 12.1. The molecule has 9 heteroatoms. The van der Waals surface area contributed by atoms with Crippen molar-refractivity contribution >= 4 is 38.9 Å². The summed E-state index contributed by atoms with van der Waals surface area (Å²) in [6, 6.07) is 12.8. The van der Waals surface area contributed by atoms with E-state index in [9.17, 15) is 18.3 Å². The number of carbonyl (C=O) groups excluding carboxylic acids is 1. The van der Waals surface area contributed by atoms with Crippen LogP contribution in [0.25, 0.3) is 0 Å². The summed E-state index contributed by atoms with van der Waals surface area (Å²) in [5, 5.41) is 11.0. The zero-order valence-corrected chi connectivity index (χ0v) is 15.3. The molecule has 26 heavy (non-hydrogen) atoms. The normalized spacial score (nSPS) is 20.1. The second kappa shape index (κ2) is 6.39. The number of amides is 1. The highest BCUT2D eigenvalue weighted by atomic mass is 35.5. The molecule has 7 nitrogen and oxygen atoms in total. The fourth-order valence-corrected chi connectivity index (χ4v) is 3.36. The Morgan fingerprint density at radius 2 is 1.77 bits per heavy atom. The van der Waals surface area contributed by atoms with Crippen LogP contribution in [-0.4, -0.2) is 43.8 Å². The van der Waals surface area contributed by atoms with Crippen molar-refractivity contribution in [1.82, 2.24) is 0 Å². The number of aliphatic hydroxyl groups is 1. The minimum Gasteiger partial charge on any atom is -0.365 e. The molecule has 0 saturated carbocycles. The third kappa shape index (κ3) is 3.44. The summed E-state index contributed by atoms with van der Waals surface area (Å²) >= 11 is 5.91. The van der Waals surface area contributed by atoms with Crippen molar-refractivity contribution in [1.29, 1.82) is 0 Å². The van der Waals surface area contributed by atoms with Gasteiger partial charge in [0.25, 0.3) is 11.6 Å². The second-order valence-corrected chi connectivity index (χ2v) is 8.43. The Kier molecular flexibility index (Phi) is 4.51. The number of aliphatic imine (C=N–C) groups is 1. The van der Waals surface area contributed by atoms with Gasteiger partial charge in [-0.25, -0.2) is 13.4 Å². The zero-order chi connectivity index (χ0) is 19.1. The summed E-state index contributed by atoms with van der Waals surface area (Å²) in [5.74, 6) is -0.673. The van der Waals surface area contributed by atoms with E-state index in [0.717, 1.165) is 6.26 Å². The van der Waals surface area contributed by atoms with E-state index in [0.29, 0.717) is 22.1 Å². The quantitative estimate of drug-likeness (QED) is 0.809. The van der Waals surface area contributed by atoms with Gasteiger partial charge in [-0.1, -0.05) is 11.6 Å². The number of halogens is 1. The van der Waals surface area contributed by atoms with Gasteiger partial charge >= 0.3 is 0 Å². The van der Waals surface area contributed by atoms with Crippen LogP contribution >= 0.6 is 11.6 Å². The molecule has 0 radical (unpaired) electrons. The summed E-state index contributed by atoms with van der Waals surface area (Å²) in [7, 11) is -3.34. The summed E-state index contributed by atoms with van der Waals surface area (Å²) in [6.45, 7) is -0.160. The van der Waals surface area contributed by atoms with Gasteiger partial charge in [0, 0.05) is 22.5 Å². The van der Waals surface area contributed by atoms with Crippen LogP contribution in [0.2, 0.25) is 5.02 Å². The lowest BCUT2D eigenvalue weighted by Crippen LogP contribution is -2.46. The summed E-state index contributed by atoms with van der Waals surface area (Å²) in [5.41, 5.74) is 4.40. The van der Waals surface area contributed by atoms with Crippen LogP contribution in [0.1, 0.15) is 5.56 Å². The summed E-state index contributed by atoms with van der Waals surface area (Å²) < 4.78 is 23.2. The number of carbonyl (C=O) groups is 1. The maximum absolute atomic E-state index is 11.7. The molecule has 1 atom stereocenters. The summed E-state index contributed by atoms with van der Waals surface area (Å²) in [6.07, 6.45) is 1.11. The fourth-order valence-electron chi connectivity index (χ4n) is 2.61. The Balaban J connectivity index is 2.07. The van der Waals surface area contributed by atoms with Gasteiger partial charge < -0.3 is 15.7 Å². The van der Waals surface area contributed by atoms with E-state index in [2.05, 4.69) is 4.99 Å². The van der Waals surface area contributed by atoms with Gasteiger partial charge in [0.05, 0.1) is 11.4 Å². The highest BCUT2D eigenvalue weighted by Gasteiger charge is 2.43. The maximum Gasteiger partial charge on any atom is 0.274 e. The molecule has 2 aromatic carbocycles.